The Kier molecular flexibility index (Phi) is 6.61. The van der Waals surface area contributed by atoms with Crippen LogP contribution in [0.25, 0.3) is 6.08 Å². The van der Waals surface area contributed by atoms with Crippen molar-refractivity contribution in [1.82, 2.24) is 0 Å². The number of nitrogens with zero attached hydrogens (tertiary/aromatic N) is 1. The zero-order valence-corrected chi connectivity index (χ0v) is 23.4. The molecule has 0 fully saturated rings. The lowest BCUT2D eigenvalue weighted by Crippen LogP contribution is -2.14. The molecular weight excluding hydrogens is 508 g/mol. The molecule has 0 bridgehead atoms. The van der Waals surface area contributed by atoms with Gasteiger partial charge < -0.3 is 4.42 Å². The van der Waals surface area contributed by atoms with Crippen LogP contribution < -0.4 is 4.90 Å². The molecule has 0 saturated heterocycles. The first-order chi connectivity index (χ1) is 18.7. The number of carbonyl (C=O) groups excluding carboxylic acids is 2. The molecule has 1 heterocycles. The molecule has 0 N–H and O–H groups in total. The molecule has 204 valence electrons. The number of fused-ring (bicyclic) bond motifs is 1. The van der Waals surface area contributed by atoms with Gasteiger partial charge in [0.15, 0.2) is 23.2 Å². The zero-order chi connectivity index (χ0) is 29.0. The van der Waals surface area contributed by atoms with E-state index in [0.717, 1.165) is 23.5 Å². The van der Waals surface area contributed by atoms with Gasteiger partial charge in [0.05, 0.1) is 5.57 Å². The van der Waals surface area contributed by atoms with E-state index in [1.54, 1.807) is 12.1 Å². The topological polar surface area (TPSA) is 50.5 Å². The Morgan fingerprint density at radius 2 is 1.07 bits per heavy atom. The van der Waals surface area contributed by atoms with Crippen molar-refractivity contribution < 1.29 is 22.8 Å². The van der Waals surface area contributed by atoms with Gasteiger partial charge in [-0.15, -0.1) is 0 Å². The molecule has 4 nitrogen and oxygen atoms in total. The standard InChI is InChI=1S/C34H31F2NO3/c1-33(2,3)20-7-11-22(12-8-20)37(23-13-9-21(10-14-23)34(4,5)6)30-16-15-24(40-30)17-27-31(38)25-18-28(35)29(36)19-26(25)32(27)39/h7-19H,1-6H3. The summed E-state index contributed by atoms with van der Waals surface area (Å²) in [5.41, 5.74) is 3.61. The highest BCUT2D eigenvalue weighted by atomic mass is 19.2. The molecule has 0 spiro atoms. The fourth-order valence-corrected chi connectivity index (χ4v) is 4.75. The van der Waals surface area contributed by atoms with Gasteiger partial charge in [-0.05, 0) is 70.5 Å². The molecule has 4 aromatic rings. The zero-order valence-electron chi connectivity index (χ0n) is 23.4. The quantitative estimate of drug-likeness (QED) is 0.192. The summed E-state index contributed by atoms with van der Waals surface area (Å²) >= 11 is 0. The highest BCUT2D eigenvalue weighted by molar-refractivity contribution is 6.41. The molecule has 3 aromatic carbocycles. The number of carbonyl (C=O) groups is 2. The van der Waals surface area contributed by atoms with Crippen LogP contribution in [-0.2, 0) is 10.8 Å². The predicted molar refractivity (Wildman–Crippen MR) is 154 cm³/mol. The second kappa shape index (κ2) is 9.70. The molecule has 1 aliphatic rings. The van der Waals surface area contributed by atoms with Crippen LogP contribution in [0, 0.1) is 11.6 Å². The highest BCUT2D eigenvalue weighted by Gasteiger charge is 2.35. The van der Waals surface area contributed by atoms with Crippen molar-refractivity contribution >= 4 is 34.9 Å². The summed E-state index contributed by atoms with van der Waals surface area (Å²) in [6.45, 7) is 12.9. The van der Waals surface area contributed by atoms with Gasteiger partial charge in [-0.25, -0.2) is 8.78 Å². The van der Waals surface area contributed by atoms with E-state index in [0.29, 0.717) is 5.88 Å². The minimum absolute atomic E-state index is 0.00842. The maximum atomic E-state index is 13.7. The van der Waals surface area contributed by atoms with E-state index in [1.807, 2.05) is 29.2 Å². The number of rotatable bonds is 4. The van der Waals surface area contributed by atoms with Crippen LogP contribution in [0.15, 0.2) is 82.8 Å². The van der Waals surface area contributed by atoms with Crippen molar-refractivity contribution in [2.75, 3.05) is 4.90 Å². The number of allylic oxidation sites excluding steroid dienone is 1. The van der Waals surface area contributed by atoms with Gasteiger partial charge in [-0.1, -0.05) is 65.8 Å². The van der Waals surface area contributed by atoms with Gasteiger partial charge in [0.25, 0.3) is 0 Å². The fourth-order valence-electron chi connectivity index (χ4n) is 4.75. The van der Waals surface area contributed by atoms with Crippen LogP contribution in [0.2, 0.25) is 0 Å². The Bertz CT molecular complexity index is 1550. The van der Waals surface area contributed by atoms with E-state index >= 15 is 0 Å². The summed E-state index contributed by atoms with van der Waals surface area (Å²) in [5, 5.41) is 0. The molecule has 0 radical (unpaired) electrons. The second-order valence-corrected chi connectivity index (χ2v) is 12.1. The van der Waals surface area contributed by atoms with E-state index < -0.39 is 23.2 Å². The third-order valence-electron chi connectivity index (χ3n) is 7.14. The normalized spacial score (nSPS) is 13.6. The summed E-state index contributed by atoms with van der Waals surface area (Å²) in [4.78, 5) is 27.7. The molecular formula is C34H31F2NO3. The Hall–Kier alpha value is -4.32. The lowest BCUT2D eigenvalue weighted by molar-refractivity contribution is 0.0990. The Morgan fingerprint density at radius 3 is 1.48 bits per heavy atom. The maximum Gasteiger partial charge on any atom is 0.205 e. The maximum absolute atomic E-state index is 13.7. The van der Waals surface area contributed by atoms with Crippen molar-refractivity contribution in [3.8, 4) is 0 Å². The number of Topliss-reactive ketones (excluding diaryl/α,β-unsaturated/α-hetero) is 2. The molecule has 5 rings (SSSR count). The molecule has 0 atom stereocenters. The molecule has 1 aromatic heterocycles. The largest absolute Gasteiger partial charge is 0.440 e. The SMILES string of the molecule is CC(C)(C)c1ccc(N(c2ccc(C(C)(C)C)cc2)c2ccc(C=C3C(=O)c4cc(F)c(F)cc4C3=O)o2)cc1. The molecule has 0 aliphatic heterocycles. The summed E-state index contributed by atoms with van der Waals surface area (Å²) in [6.07, 6.45) is 1.33. The smallest absolute Gasteiger partial charge is 0.205 e. The van der Waals surface area contributed by atoms with Crippen molar-refractivity contribution in [1.29, 1.82) is 0 Å². The first-order valence-corrected chi connectivity index (χ1v) is 13.2. The number of anilines is 3. The summed E-state index contributed by atoms with van der Waals surface area (Å²) in [6, 6.07) is 21.4. The van der Waals surface area contributed by atoms with Crippen LogP contribution in [0.1, 0.15) is 79.1 Å². The van der Waals surface area contributed by atoms with E-state index in [4.69, 9.17) is 4.42 Å². The minimum Gasteiger partial charge on any atom is -0.440 e. The Labute approximate surface area is 232 Å². The molecule has 1 aliphatic carbocycles. The van der Waals surface area contributed by atoms with Crippen LogP contribution in [0.4, 0.5) is 26.0 Å². The van der Waals surface area contributed by atoms with E-state index in [9.17, 15) is 18.4 Å². The van der Waals surface area contributed by atoms with Gasteiger partial charge in [0.2, 0.25) is 5.88 Å². The van der Waals surface area contributed by atoms with Crippen molar-refractivity contribution in [2.24, 2.45) is 0 Å². The van der Waals surface area contributed by atoms with Crippen LogP contribution >= 0.6 is 0 Å². The Morgan fingerprint density at radius 1 is 0.650 bits per heavy atom. The lowest BCUT2D eigenvalue weighted by Gasteiger charge is -2.26. The molecule has 6 heteroatoms. The monoisotopic (exact) mass is 539 g/mol. The van der Waals surface area contributed by atoms with Crippen molar-refractivity contribution in [3.63, 3.8) is 0 Å². The summed E-state index contributed by atoms with van der Waals surface area (Å²) in [7, 11) is 0. The van der Waals surface area contributed by atoms with E-state index in [2.05, 4.69) is 65.8 Å². The first kappa shape index (κ1) is 27.3. The lowest BCUT2D eigenvalue weighted by atomic mass is 9.87. The minimum atomic E-state index is -1.17. The Balaban J connectivity index is 1.55. The number of halogens is 2. The van der Waals surface area contributed by atoms with Crippen LogP contribution in [-0.4, -0.2) is 11.6 Å². The van der Waals surface area contributed by atoms with Crippen molar-refractivity contribution in [3.05, 3.63) is 118 Å². The van der Waals surface area contributed by atoms with Crippen molar-refractivity contribution in [2.45, 2.75) is 52.4 Å². The molecule has 0 unspecified atom stereocenters. The van der Waals surface area contributed by atoms with Crippen LogP contribution in [0.5, 0.6) is 0 Å². The number of benzene rings is 3. The predicted octanol–water partition coefficient (Wildman–Crippen LogP) is 9.09. The van der Waals surface area contributed by atoms with Gasteiger partial charge in [0, 0.05) is 28.6 Å². The molecule has 40 heavy (non-hydrogen) atoms. The average molecular weight is 540 g/mol. The summed E-state index contributed by atoms with van der Waals surface area (Å²) < 4.78 is 33.6. The second-order valence-electron chi connectivity index (χ2n) is 12.1. The number of furan rings is 1. The van der Waals surface area contributed by atoms with Gasteiger partial charge >= 0.3 is 0 Å². The highest BCUT2D eigenvalue weighted by Crippen LogP contribution is 2.38. The van der Waals surface area contributed by atoms with Crippen LogP contribution in [0.3, 0.4) is 0 Å². The third kappa shape index (κ3) is 5.02. The van der Waals surface area contributed by atoms with Gasteiger partial charge in [-0.3, -0.25) is 14.5 Å². The third-order valence-corrected chi connectivity index (χ3v) is 7.14. The van der Waals surface area contributed by atoms with E-state index in [-0.39, 0.29) is 33.3 Å². The molecule has 0 saturated carbocycles. The van der Waals surface area contributed by atoms with Gasteiger partial charge in [0.1, 0.15) is 5.76 Å². The van der Waals surface area contributed by atoms with Gasteiger partial charge in [-0.2, -0.15) is 0 Å². The average Bonchev–Trinajstić information content (AvgIpc) is 3.43. The number of hydrogen-bond acceptors (Lipinski definition) is 4. The number of hydrogen-bond donors (Lipinski definition) is 0. The fraction of sp³-hybridized carbons (Fsp3) is 0.235. The number of ketones is 2. The molecule has 0 amide bonds. The summed E-state index contributed by atoms with van der Waals surface area (Å²) in [5.74, 6) is -2.93. The first-order valence-electron chi connectivity index (χ1n) is 13.2. The van der Waals surface area contributed by atoms with E-state index in [1.165, 1.54) is 17.2 Å².